The quantitative estimate of drug-likeness (QED) is 0.750. The van der Waals surface area contributed by atoms with Gasteiger partial charge >= 0.3 is 0 Å². The summed E-state index contributed by atoms with van der Waals surface area (Å²) in [5.41, 5.74) is 2.31. The van der Waals surface area contributed by atoms with Gasteiger partial charge < -0.3 is 4.74 Å². The molecular weight excluding hydrogens is 310 g/mol. The second-order valence-corrected chi connectivity index (χ2v) is 8.39. The second kappa shape index (κ2) is 7.15. The number of hydrogen-bond acceptors (Lipinski definition) is 4. The summed E-state index contributed by atoms with van der Waals surface area (Å²) in [7, 11) is 1.78. The summed E-state index contributed by atoms with van der Waals surface area (Å²) < 4.78 is 28.3. The minimum absolute atomic E-state index is 0.111. The normalized spacial score (nSPS) is 13.0. The van der Waals surface area contributed by atoms with Crippen LogP contribution in [0.2, 0.25) is 0 Å². The predicted octanol–water partition coefficient (Wildman–Crippen LogP) is 3.39. The number of benzene rings is 1. The van der Waals surface area contributed by atoms with Crippen LogP contribution in [-0.2, 0) is 9.05 Å². The van der Waals surface area contributed by atoms with E-state index in [0.717, 1.165) is 11.1 Å². The van der Waals surface area contributed by atoms with Crippen LogP contribution in [0.25, 0.3) is 0 Å². The molecule has 0 fully saturated rings. The van der Waals surface area contributed by atoms with Crippen molar-refractivity contribution in [2.24, 2.45) is 11.8 Å². The largest absolute Gasteiger partial charge is 0.493 e. The number of halogens is 1. The maximum Gasteiger partial charge on any atom is 0.233 e. The van der Waals surface area contributed by atoms with Crippen LogP contribution in [0.15, 0.2) is 12.1 Å². The Morgan fingerprint density at radius 1 is 1.29 bits per heavy atom. The summed E-state index contributed by atoms with van der Waals surface area (Å²) in [6.07, 6.45) is 0. The van der Waals surface area contributed by atoms with Gasteiger partial charge in [0, 0.05) is 16.6 Å². The monoisotopic (exact) mass is 329 g/mol. The van der Waals surface area contributed by atoms with Crippen LogP contribution in [-0.4, -0.2) is 20.8 Å². The first-order valence-corrected chi connectivity index (χ1v) is 9.18. The molecule has 6 heteroatoms. The third kappa shape index (κ3) is 5.56. The average Bonchev–Trinajstić information content (AvgIpc) is 2.34. The number of nitrogens with zero attached hydrogens (tertiary/aromatic N) is 1. The summed E-state index contributed by atoms with van der Waals surface area (Å²) in [5, 5.41) is 8.92. The van der Waals surface area contributed by atoms with Gasteiger partial charge in [-0.15, -0.1) is 0 Å². The Morgan fingerprint density at radius 2 is 1.81 bits per heavy atom. The summed E-state index contributed by atoms with van der Waals surface area (Å²) in [5.74, 6) is 0.548. The molecule has 116 valence electrons. The van der Waals surface area contributed by atoms with Gasteiger partial charge in [-0.1, -0.05) is 13.8 Å². The van der Waals surface area contributed by atoms with E-state index in [1.165, 1.54) is 0 Å². The van der Waals surface area contributed by atoms with Gasteiger partial charge in [0.2, 0.25) is 9.05 Å². The van der Waals surface area contributed by atoms with Gasteiger partial charge in [-0.05, 0) is 43.0 Å². The van der Waals surface area contributed by atoms with Crippen molar-refractivity contribution in [3.8, 4) is 11.8 Å². The molecular formula is C15H20ClNO3S. The molecule has 0 aliphatic carbocycles. The smallest absolute Gasteiger partial charge is 0.233 e. The standard InChI is InChI=1S/C15H20ClNO3S/c1-10(2)14(9-21(16,18)19)8-20-15-11(3)5-13(7-17)6-12(15)4/h5-6,10,14H,8-9H2,1-4H3. The van der Waals surface area contributed by atoms with Crippen LogP contribution >= 0.6 is 10.7 Å². The Balaban J connectivity index is 2.89. The maximum atomic E-state index is 11.2. The van der Waals surface area contributed by atoms with E-state index in [0.29, 0.717) is 11.3 Å². The Morgan fingerprint density at radius 3 is 2.19 bits per heavy atom. The van der Waals surface area contributed by atoms with E-state index in [2.05, 4.69) is 6.07 Å². The zero-order valence-electron chi connectivity index (χ0n) is 12.7. The highest BCUT2D eigenvalue weighted by Gasteiger charge is 2.22. The fourth-order valence-corrected chi connectivity index (χ4v) is 3.60. The lowest BCUT2D eigenvalue weighted by Gasteiger charge is -2.21. The molecule has 0 aromatic heterocycles. The van der Waals surface area contributed by atoms with Gasteiger partial charge in [0.05, 0.1) is 24.0 Å². The first kappa shape index (κ1) is 17.8. The molecule has 0 aliphatic heterocycles. The molecule has 21 heavy (non-hydrogen) atoms. The van der Waals surface area contributed by atoms with Gasteiger partial charge in [-0.25, -0.2) is 8.42 Å². The first-order chi connectivity index (χ1) is 9.64. The van der Waals surface area contributed by atoms with Gasteiger partial charge in [-0.2, -0.15) is 5.26 Å². The molecule has 0 heterocycles. The molecule has 0 N–H and O–H groups in total. The lowest BCUT2D eigenvalue weighted by Crippen LogP contribution is -2.25. The van der Waals surface area contributed by atoms with Gasteiger partial charge in [-0.3, -0.25) is 0 Å². The van der Waals surface area contributed by atoms with Crippen molar-refractivity contribution in [2.45, 2.75) is 27.7 Å². The van der Waals surface area contributed by atoms with E-state index in [9.17, 15) is 8.42 Å². The van der Waals surface area contributed by atoms with E-state index in [1.807, 2.05) is 27.7 Å². The minimum atomic E-state index is -3.55. The number of hydrogen-bond donors (Lipinski definition) is 0. The summed E-state index contributed by atoms with van der Waals surface area (Å²) in [6.45, 7) is 7.89. The van der Waals surface area contributed by atoms with E-state index >= 15 is 0 Å². The zero-order valence-corrected chi connectivity index (χ0v) is 14.3. The molecule has 1 unspecified atom stereocenters. The highest BCUT2D eigenvalue weighted by atomic mass is 35.7. The van der Waals surface area contributed by atoms with Crippen molar-refractivity contribution < 1.29 is 13.2 Å². The van der Waals surface area contributed by atoms with E-state index < -0.39 is 9.05 Å². The second-order valence-electron chi connectivity index (χ2n) is 5.57. The van der Waals surface area contributed by atoms with E-state index in [4.69, 9.17) is 20.7 Å². The van der Waals surface area contributed by atoms with Crippen molar-refractivity contribution >= 4 is 19.7 Å². The Labute approximate surface area is 131 Å². The molecule has 1 aromatic rings. The van der Waals surface area contributed by atoms with Gasteiger partial charge in [0.1, 0.15) is 5.75 Å². The fraction of sp³-hybridized carbons (Fsp3) is 0.533. The SMILES string of the molecule is Cc1cc(C#N)cc(C)c1OCC(CS(=O)(=O)Cl)C(C)C. The molecule has 0 amide bonds. The highest BCUT2D eigenvalue weighted by Crippen LogP contribution is 2.26. The van der Waals surface area contributed by atoms with Gasteiger partial charge in [0.25, 0.3) is 0 Å². The molecule has 0 saturated heterocycles. The lowest BCUT2D eigenvalue weighted by atomic mass is 9.99. The maximum absolute atomic E-state index is 11.2. The lowest BCUT2D eigenvalue weighted by molar-refractivity contribution is 0.223. The molecule has 0 aliphatic rings. The number of aryl methyl sites for hydroxylation is 2. The van der Waals surface area contributed by atoms with Crippen LogP contribution in [0.1, 0.15) is 30.5 Å². The molecule has 0 bridgehead atoms. The summed E-state index contributed by atoms with van der Waals surface area (Å²) in [4.78, 5) is 0. The molecule has 1 atom stereocenters. The minimum Gasteiger partial charge on any atom is -0.493 e. The van der Waals surface area contributed by atoms with E-state index in [1.54, 1.807) is 12.1 Å². The Kier molecular flexibility index (Phi) is 6.06. The van der Waals surface area contributed by atoms with Crippen molar-refractivity contribution in [2.75, 3.05) is 12.4 Å². The number of nitriles is 1. The van der Waals surface area contributed by atoms with Crippen molar-refractivity contribution in [1.29, 1.82) is 5.26 Å². The van der Waals surface area contributed by atoms with Crippen LogP contribution in [0.4, 0.5) is 0 Å². The summed E-state index contributed by atoms with van der Waals surface area (Å²) in [6, 6.07) is 5.61. The third-order valence-electron chi connectivity index (χ3n) is 3.39. The molecule has 1 rings (SSSR count). The number of ether oxygens (including phenoxy) is 1. The van der Waals surface area contributed by atoms with Crippen LogP contribution < -0.4 is 4.74 Å². The predicted molar refractivity (Wildman–Crippen MR) is 84.1 cm³/mol. The molecule has 1 aromatic carbocycles. The first-order valence-electron chi connectivity index (χ1n) is 6.70. The summed E-state index contributed by atoms with van der Waals surface area (Å²) >= 11 is 0. The third-order valence-corrected chi connectivity index (χ3v) is 4.59. The van der Waals surface area contributed by atoms with Crippen LogP contribution in [0.5, 0.6) is 5.75 Å². The van der Waals surface area contributed by atoms with Crippen LogP contribution in [0, 0.1) is 37.0 Å². The Hall–Kier alpha value is -1.25. The average molecular weight is 330 g/mol. The van der Waals surface area contributed by atoms with Crippen molar-refractivity contribution in [1.82, 2.24) is 0 Å². The molecule has 0 radical (unpaired) electrons. The molecule has 0 saturated carbocycles. The fourth-order valence-electron chi connectivity index (χ4n) is 2.12. The number of rotatable bonds is 6. The van der Waals surface area contributed by atoms with Crippen LogP contribution in [0.3, 0.4) is 0 Å². The van der Waals surface area contributed by atoms with Crippen molar-refractivity contribution in [3.05, 3.63) is 28.8 Å². The zero-order chi connectivity index (χ0) is 16.2. The van der Waals surface area contributed by atoms with Crippen molar-refractivity contribution in [3.63, 3.8) is 0 Å². The molecule has 0 spiro atoms. The Bertz CT molecular complexity index is 624. The highest BCUT2D eigenvalue weighted by molar-refractivity contribution is 8.13. The molecule has 4 nitrogen and oxygen atoms in total. The topological polar surface area (TPSA) is 67.2 Å². The van der Waals surface area contributed by atoms with E-state index in [-0.39, 0.29) is 24.2 Å². The van der Waals surface area contributed by atoms with Gasteiger partial charge in [0.15, 0.2) is 0 Å².